The summed E-state index contributed by atoms with van der Waals surface area (Å²) in [6.45, 7) is 2.58. The zero-order chi connectivity index (χ0) is 22.3. The summed E-state index contributed by atoms with van der Waals surface area (Å²) in [4.78, 5) is 41.7. The lowest BCUT2D eigenvalue weighted by Crippen LogP contribution is -2.50. The van der Waals surface area contributed by atoms with E-state index in [1.807, 2.05) is 17.0 Å². The molecule has 6 heteroatoms. The minimum Gasteiger partial charge on any atom is -0.343 e. The molecule has 6 nitrogen and oxygen atoms in total. The first-order chi connectivity index (χ1) is 15.6. The van der Waals surface area contributed by atoms with Gasteiger partial charge in [-0.05, 0) is 49.3 Å². The molecular weight excluding hydrogens is 402 g/mol. The number of likely N-dealkylation sites (tertiary alicyclic amines) is 2. The molecule has 0 aromatic heterocycles. The topological polar surface area (TPSA) is 69.7 Å². The number of nitrogens with one attached hydrogen (secondary N) is 1. The van der Waals surface area contributed by atoms with Crippen molar-refractivity contribution in [1.29, 1.82) is 0 Å². The van der Waals surface area contributed by atoms with E-state index in [1.165, 1.54) is 5.56 Å². The molecule has 1 N–H and O–H groups in total. The van der Waals surface area contributed by atoms with Crippen LogP contribution in [0.2, 0.25) is 0 Å². The van der Waals surface area contributed by atoms with E-state index in [2.05, 4.69) is 29.6 Å². The molecule has 2 saturated heterocycles. The maximum Gasteiger partial charge on any atom is 0.251 e. The van der Waals surface area contributed by atoms with Crippen LogP contribution in [-0.2, 0) is 9.59 Å². The van der Waals surface area contributed by atoms with Crippen molar-refractivity contribution < 1.29 is 14.4 Å². The van der Waals surface area contributed by atoms with Crippen LogP contribution < -0.4 is 5.32 Å². The first-order valence-corrected chi connectivity index (χ1v) is 11.6. The van der Waals surface area contributed by atoms with Gasteiger partial charge in [-0.15, -0.1) is 0 Å². The zero-order valence-corrected chi connectivity index (χ0v) is 18.4. The fourth-order valence-corrected chi connectivity index (χ4v) is 4.78. The summed E-state index contributed by atoms with van der Waals surface area (Å²) in [6, 6.07) is 19.4. The highest BCUT2D eigenvalue weighted by Crippen LogP contribution is 2.29. The van der Waals surface area contributed by atoms with Gasteiger partial charge < -0.3 is 15.1 Å². The van der Waals surface area contributed by atoms with Crippen LogP contribution in [-0.4, -0.2) is 60.2 Å². The van der Waals surface area contributed by atoms with Gasteiger partial charge in [0, 0.05) is 31.7 Å². The molecular formula is C26H31N3O3. The van der Waals surface area contributed by atoms with E-state index < -0.39 is 0 Å². The third-order valence-corrected chi connectivity index (χ3v) is 6.64. The molecule has 2 fully saturated rings. The summed E-state index contributed by atoms with van der Waals surface area (Å²) >= 11 is 0. The Bertz CT molecular complexity index is 924. The van der Waals surface area contributed by atoms with Gasteiger partial charge in [0.25, 0.3) is 5.91 Å². The van der Waals surface area contributed by atoms with Crippen LogP contribution in [0.3, 0.4) is 0 Å². The van der Waals surface area contributed by atoms with E-state index in [4.69, 9.17) is 0 Å². The highest BCUT2D eigenvalue weighted by atomic mass is 16.2. The van der Waals surface area contributed by atoms with Gasteiger partial charge in [-0.25, -0.2) is 0 Å². The Morgan fingerprint density at radius 3 is 2.16 bits per heavy atom. The molecule has 168 valence electrons. The van der Waals surface area contributed by atoms with Crippen molar-refractivity contribution in [2.45, 2.75) is 31.6 Å². The van der Waals surface area contributed by atoms with Crippen molar-refractivity contribution in [3.63, 3.8) is 0 Å². The van der Waals surface area contributed by atoms with Crippen molar-refractivity contribution in [3.8, 4) is 0 Å². The number of hydrogen-bond donors (Lipinski definition) is 1. The molecule has 2 heterocycles. The summed E-state index contributed by atoms with van der Waals surface area (Å²) in [6.07, 6.45) is 3.60. The smallest absolute Gasteiger partial charge is 0.251 e. The number of rotatable bonds is 5. The van der Waals surface area contributed by atoms with Crippen molar-refractivity contribution in [3.05, 3.63) is 71.8 Å². The number of carbonyl (C=O) groups is 3. The Morgan fingerprint density at radius 1 is 0.812 bits per heavy atom. The number of hydrogen-bond acceptors (Lipinski definition) is 3. The van der Waals surface area contributed by atoms with Crippen molar-refractivity contribution in [1.82, 2.24) is 15.1 Å². The highest BCUT2D eigenvalue weighted by Gasteiger charge is 2.33. The fourth-order valence-electron chi connectivity index (χ4n) is 4.78. The Labute approximate surface area is 189 Å². The second-order valence-corrected chi connectivity index (χ2v) is 8.74. The lowest BCUT2D eigenvalue weighted by Gasteiger charge is -2.38. The maximum atomic E-state index is 13.1. The van der Waals surface area contributed by atoms with Gasteiger partial charge in [-0.3, -0.25) is 14.4 Å². The van der Waals surface area contributed by atoms with E-state index in [0.717, 1.165) is 38.8 Å². The standard InChI is InChI=1S/C26H31N3O3/c30-24(18-27-25(31)22-10-5-2-6-11-22)29-15-7-12-23(19-29)26(32)28-16-13-21(14-17-28)20-8-3-1-4-9-20/h1-6,8-11,21,23H,7,12-19H2,(H,27,31). The molecule has 0 saturated carbocycles. The van der Waals surface area contributed by atoms with E-state index in [-0.39, 0.29) is 30.2 Å². The molecule has 1 unspecified atom stereocenters. The molecule has 0 bridgehead atoms. The average molecular weight is 434 g/mol. The summed E-state index contributed by atoms with van der Waals surface area (Å²) in [5, 5.41) is 2.70. The Morgan fingerprint density at radius 2 is 1.47 bits per heavy atom. The van der Waals surface area contributed by atoms with Gasteiger partial charge in [0.05, 0.1) is 12.5 Å². The van der Waals surface area contributed by atoms with Crippen LogP contribution in [0.1, 0.15) is 47.5 Å². The number of piperidine rings is 2. The molecule has 2 aromatic rings. The second-order valence-electron chi connectivity index (χ2n) is 8.74. The normalized spacial score (nSPS) is 19.4. The van der Waals surface area contributed by atoms with Gasteiger partial charge in [0.15, 0.2) is 0 Å². The molecule has 0 aliphatic carbocycles. The Hall–Kier alpha value is -3.15. The average Bonchev–Trinajstić information content (AvgIpc) is 2.88. The van der Waals surface area contributed by atoms with Gasteiger partial charge in [-0.1, -0.05) is 48.5 Å². The first kappa shape index (κ1) is 22.1. The Kier molecular flexibility index (Phi) is 7.20. The number of nitrogens with zero attached hydrogens (tertiary/aromatic N) is 2. The molecule has 32 heavy (non-hydrogen) atoms. The number of benzene rings is 2. The summed E-state index contributed by atoms with van der Waals surface area (Å²) < 4.78 is 0. The fraction of sp³-hybridized carbons (Fsp3) is 0.423. The summed E-state index contributed by atoms with van der Waals surface area (Å²) in [7, 11) is 0. The quantitative estimate of drug-likeness (QED) is 0.788. The Balaban J connectivity index is 1.25. The van der Waals surface area contributed by atoms with Crippen molar-refractivity contribution >= 4 is 17.7 Å². The SMILES string of the molecule is O=C(NCC(=O)N1CCCC(C(=O)N2CCC(c3ccccc3)CC2)C1)c1ccccc1. The third-order valence-electron chi connectivity index (χ3n) is 6.64. The van der Waals surface area contributed by atoms with Crippen molar-refractivity contribution in [2.75, 3.05) is 32.7 Å². The molecule has 2 aliphatic rings. The van der Waals surface area contributed by atoms with Crippen LogP contribution in [0.5, 0.6) is 0 Å². The minimum atomic E-state index is -0.259. The van der Waals surface area contributed by atoms with E-state index in [1.54, 1.807) is 29.2 Å². The van der Waals surface area contributed by atoms with E-state index in [9.17, 15) is 14.4 Å². The molecule has 3 amide bonds. The van der Waals surface area contributed by atoms with Gasteiger partial charge in [0.2, 0.25) is 11.8 Å². The van der Waals surface area contributed by atoms with Crippen molar-refractivity contribution in [2.24, 2.45) is 5.92 Å². The minimum absolute atomic E-state index is 0.0445. The predicted octanol–water partition coefficient (Wildman–Crippen LogP) is 3.06. The maximum absolute atomic E-state index is 13.1. The van der Waals surface area contributed by atoms with Crippen LogP contribution >= 0.6 is 0 Å². The predicted molar refractivity (Wildman–Crippen MR) is 123 cm³/mol. The molecule has 4 rings (SSSR count). The third kappa shape index (κ3) is 5.36. The molecule has 0 spiro atoms. The largest absolute Gasteiger partial charge is 0.343 e. The van der Waals surface area contributed by atoms with E-state index in [0.29, 0.717) is 24.6 Å². The van der Waals surface area contributed by atoms with Crippen LogP contribution in [0.25, 0.3) is 0 Å². The highest BCUT2D eigenvalue weighted by molar-refractivity contribution is 5.96. The number of amides is 3. The van der Waals surface area contributed by atoms with Gasteiger partial charge in [0.1, 0.15) is 0 Å². The van der Waals surface area contributed by atoms with Gasteiger partial charge in [-0.2, -0.15) is 0 Å². The molecule has 0 radical (unpaired) electrons. The van der Waals surface area contributed by atoms with Crippen LogP contribution in [0.15, 0.2) is 60.7 Å². The molecule has 2 aliphatic heterocycles. The van der Waals surface area contributed by atoms with Crippen LogP contribution in [0.4, 0.5) is 0 Å². The van der Waals surface area contributed by atoms with Crippen LogP contribution in [0, 0.1) is 5.92 Å². The zero-order valence-electron chi connectivity index (χ0n) is 18.4. The van der Waals surface area contributed by atoms with Gasteiger partial charge >= 0.3 is 0 Å². The lowest BCUT2D eigenvalue weighted by atomic mass is 9.88. The number of carbonyl (C=O) groups excluding carboxylic acids is 3. The monoisotopic (exact) mass is 433 g/mol. The second kappa shape index (κ2) is 10.4. The first-order valence-electron chi connectivity index (χ1n) is 11.6. The van der Waals surface area contributed by atoms with E-state index >= 15 is 0 Å². The summed E-state index contributed by atoms with van der Waals surface area (Å²) in [5.74, 6) is 0.144. The molecule has 2 aromatic carbocycles. The molecule has 1 atom stereocenters. The lowest BCUT2D eigenvalue weighted by molar-refractivity contribution is -0.141. The summed E-state index contributed by atoms with van der Waals surface area (Å²) in [5.41, 5.74) is 1.89.